The monoisotopic (exact) mass is 306 g/mol. The van der Waals surface area contributed by atoms with Crippen LogP contribution in [-0.4, -0.2) is 32.9 Å². The van der Waals surface area contributed by atoms with Crippen LogP contribution in [0.1, 0.15) is 25.0 Å². The molecule has 2 aromatic rings. The van der Waals surface area contributed by atoms with Crippen molar-refractivity contribution in [2.24, 2.45) is 0 Å². The second-order valence-corrected chi connectivity index (χ2v) is 5.05. The maximum Gasteiger partial charge on any atom is 0.314 e. The van der Waals surface area contributed by atoms with Gasteiger partial charge in [-0.25, -0.2) is 0 Å². The molecule has 22 heavy (non-hydrogen) atoms. The summed E-state index contributed by atoms with van der Waals surface area (Å²) in [6, 6.07) is 1.29. The van der Waals surface area contributed by atoms with E-state index in [4.69, 9.17) is 0 Å². The van der Waals surface area contributed by atoms with Crippen molar-refractivity contribution in [1.82, 2.24) is 14.9 Å². The summed E-state index contributed by atoms with van der Waals surface area (Å²) in [6.07, 6.45) is 0. The van der Waals surface area contributed by atoms with Gasteiger partial charge in [-0.1, -0.05) is 13.8 Å². The van der Waals surface area contributed by atoms with Gasteiger partial charge in [-0.05, 0) is 20.0 Å². The lowest BCUT2D eigenvalue weighted by atomic mass is 10.0. The Bertz CT molecular complexity index is 833. The summed E-state index contributed by atoms with van der Waals surface area (Å²) >= 11 is 0. The summed E-state index contributed by atoms with van der Waals surface area (Å²) in [5.41, 5.74) is 0.204. The third-order valence-electron chi connectivity index (χ3n) is 3.85. The zero-order valence-corrected chi connectivity index (χ0v) is 12.7. The summed E-state index contributed by atoms with van der Waals surface area (Å²) in [5.74, 6) is 0. The molecule has 0 atom stereocenters. The first kappa shape index (κ1) is 15.9. The number of rotatable bonds is 5. The number of benzene rings is 1. The predicted octanol–water partition coefficient (Wildman–Crippen LogP) is 1.27. The number of nitro benzene ring substituents is 1. The highest BCUT2D eigenvalue weighted by Gasteiger charge is 2.20. The highest BCUT2D eigenvalue weighted by Crippen LogP contribution is 2.28. The zero-order valence-electron chi connectivity index (χ0n) is 12.7. The van der Waals surface area contributed by atoms with Gasteiger partial charge >= 0.3 is 11.1 Å². The Morgan fingerprint density at radius 1 is 1.18 bits per heavy atom. The van der Waals surface area contributed by atoms with Crippen LogP contribution in [0.3, 0.4) is 0 Å². The number of aromatic nitrogens is 2. The van der Waals surface area contributed by atoms with Crippen LogP contribution in [0, 0.1) is 17.0 Å². The van der Waals surface area contributed by atoms with Crippen molar-refractivity contribution >= 4 is 16.7 Å². The Balaban J connectivity index is 2.81. The summed E-state index contributed by atoms with van der Waals surface area (Å²) in [6.45, 7) is 7.63. The zero-order chi connectivity index (χ0) is 16.4. The fraction of sp³-hybridized carbons (Fsp3) is 0.429. The lowest BCUT2D eigenvalue weighted by Crippen LogP contribution is -2.30. The van der Waals surface area contributed by atoms with E-state index in [1.807, 2.05) is 13.8 Å². The SMILES string of the molecule is CCN(CC)Cc1c(C)c([N+](=O)[O-])cc2[nH]c(=O)c(=O)[nH]c12. The van der Waals surface area contributed by atoms with E-state index in [1.54, 1.807) is 6.92 Å². The topological polar surface area (TPSA) is 112 Å². The second kappa shape index (κ2) is 6.10. The molecule has 0 aliphatic rings. The molecule has 2 rings (SSSR count). The minimum absolute atomic E-state index is 0.0719. The fourth-order valence-electron chi connectivity index (χ4n) is 2.47. The standard InChI is InChI=1S/C14H18N4O4/c1-4-17(5-2)7-9-8(3)11(18(21)22)6-10-12(9)16-14(20)13(19)15-10/h6H,4-5,7H2,1-3H3,(H,15,19)(H,16,20). The number of aromatic amines is 2. The molecule has 0 aliphatic heterocycles. The third kappa shape index (κ3) is 2.77. The minimum atomic E-state index is -0.820. The molecular formula is C14H18N4O4. The lowest BCUT2D eigenvalue weighted by Gasteiger charge is -2.20. The summed E-state index contributed by atoms with van der Waals surface area (Å²) in [5, 5.41) is 11.2. The van der Waals surface area contributed by atoms with Crippen LogP contribution in [-0.2, 0) is 6.54 Å². The van der Waals surface area contributed by atoms with E-state index >= 15 is 0 Å². The molecule has 8 heteroatoms. The molecule has 0 saturated carbocycles. The molecule has 0 amide bonds. The Hall–Kier alpha value is -2.48. The Kier molecular flexibility index (Phi) is 4.41. The molecule has 0 aliphatic carbocycles. The van der Waals surface area contributed by atoms with E-state index in [0.29, 0.717) is 23.2 Å². The molecule has 0 saturated heterocycles. The van der Waals surface area contributed by atoms with E-state index in [1.165, 1.54) is 6.07 Å². The smallest absolute Gasteiger partial charge is 0.314 e. The van der Waals surface area contributed by atoms with E-state index in [0.717, 1.165) is 13.1 Å². The maximum atomic E-state index is 11.6. The summed E-state index contributed by atoms with van der Waals surface area (Å²) in [4.78, 5) is 40.8. The number of hydrogen-bond acceptors (Lipinski definition) is 5. The van der Waals surface area contributed by atoms with Crippen LogP contribution in [0.4, 0.5) is 5.69 Å². The molecule has 0 spiro atoms. The van der Waals surface area contributed by atoms with Gasteiger partial charge in [0.2, 0.25) is 0 Å². The molecule has 1 heterocycles. The number of fused-ring (bicyclic) bond motifs is 1. The van der Waals surface area contributed by atoms with Crippen molar-refractivity contribution in [3.8, 4) is 0 Å². The second-order valence-electron chi connectivity index (χ2n) is 5.05. The number of nitrogens with one attached hydrogen (secondary N) is 2. The van der Waals surface area contributed by atoms with Crippen LogP contribution in [0.5, 0.6) is 0 Å². The molecule has 0 radical (unpaired) electrons. The molecule has 2 N–H and O–H groups in total. The van der Waals surface area contributed by atoms with Gasteiger partial charge in [0.05, 0.1) is 16.0 Å². The maximum absolute atomic E-state index is 11.6. The average molecular weight is 306 g/mol. The van der Waals surface area contributed by atoms with Crippen LogP contribution in [0.25, 0.3) is 11.0 Å². The molecule has 118 valence electrons. The van der Waals surface area contributed by atoms with Gasteiger partial charge in [-0.3, -0.25) is 24.6 Å². The van der Waals surface area contributed by atoms with Gasteiger partial charge in [0, 0.05) is 23.7 Å². The quantitative estimate of drug-likeness (QED) is 0.491. The summed E-state index contributed by atoms with van der Waals surface area (Å²) < 4.78 is 0. The number of nitrogens with zero attached hydrogens (tertiary/aromatic N) is 2. The number of nitro groups is 1. The summed E-state index contributed by atoms with van der Waals surface area (Å²) in [7, 11) is 0. The highest BCUT2D eigenvalue weighted by atomic mass is 16.6. The van der Waals surface area contributed by atoms with E-state index in [9.17, 15) is 19.7 Å². The van der Waals surface area contributed by atoms with Crippen molar-refractivity contribution < 1.29 is 4.92 Å². The number of H-pyrrole nitrogens is 2. The van der Waals surface area contributed by atoms with Gasteiger partial charge in [0.1, 0.15) is 0 Å². The van der Waals surface area contributed by atoms with Crippen molar-refractivity contribution in [3.05, 3.63) is 48.0 Å². The van der Waals surface area contributed by atoms with Gasteiger partial charge in [0.15, 0.2) is 0 Å². The highest BCUT2D eigenvalue weighted by molar-refractivity contribution is 5.82. The lowest BCUT2D eigenvalue weighted by molar-refractivity contribution is -0.385. The van der Waals surface area contributed by atoms with Gasteiger partial charge in [0.25, 0.3) is 5.69 Å². The minimum Gasteiger partial charge on any atom is -0.316 e. The largest absolute Gasteiger partial charge is 0.316 e. The molecule has 1 aromatic heterocycles. The first-order valence-corrected chi connectivity index (χ1v) is 7.04. The van der Waals surface area contributed by atoms with Crippen LogP contribution in [0.15, 0.2) is 15.7 Å². The average Bonchev–Trinajstić information content (AvgIpc) is 2.48. The Morgan fingerprint density at radius 3 is 2.32 bits per heavy atom. The van der Waals surface area contributed by atoms with E-state index in [-0.39, 0.29) is 11.2 Å². The van der Waals surface area contributed by atoms with Gasteiger partial charge in [-0.15, -0.1) is 0 Å². The predicted molar refractivity (Wildman–Crippen MR) is 83.2 cm³/mol. The van der Waals surface area contributed by atoms with Crippen molar-refractivity contribution in [3.63, 3.8) is 0 Å². The third-order valence-corrected chi connectivity index (χ3v) is 3.85. The molecule has 1 aromatic carbocycles. The Morgan fingerprint density at radius 2 is 1.77 bits per heavy atom. The van der Waals surface area contributed by atoms with E-state index < -0.39 is 16.0 Å². The number of hydrogen-bond donors (Lipinski definition) is 2. The van der Waals surface area contributed by atoms with Gasteiger partial charge in [-0.2, -0.15) is 0 Å². The van der Waals surface area contributed by atoms with Crippen LogP contribution in [0.2, 0.25) is 0 Å². The molecular weight excluding hydrogens is 288 g/mol. The molecule has 0 unspecified atom stereocenters. The van der Waals surface area contributed by atoms with Crippen LogP contribution >= 0.6 is 0 Å². The van der Waals surface area contributed by atoms with Crippen molar-refractivity contribution in [1.29, 1.82) is 0 Å². The fourth-order valence-corrected chi connectivity index (χ4v) is 2.47. The van der Waals surface area contributed by atoms with Gasteiger partial charge < -0.3 is 9.97 Å². The molecule has 8 nitrogen and oxygen atoms in total. The first-order chi connectivity index (χ1) is 10.4. The first-order valence-electron chi connectivity index (χ1n) is 7.04. The Labute approximate surface area is 125 Å². The van der Waals surface area contributed by atoms with Crippen molar-refractivity contribution in [2.45, 2.75) is 27.3 Å². The molecule has 0 bridgehead atoms. The van der Waals surface area contributed by atoms with E-state index in [2.05, 4.69) is 14.9 Å². The normalized spacial score (nSPS) is 11.3. The van der Waals surface area contributed by atoms with Crippen molar-refractivity contribution in [2.75, 3.05) is 13.1 Å². The molecule has 0 fully saturated rings. The van der Waals surface area contributed by atoms with Crippen LogP contribution < -0.4 is 11.1 Å².